The number of morpholine rings is 1. The summed E-state index contributed by atoms with van der Waals surface area (Å²) in [5, 5.41) is 17.6. The SMILES string of the molecule is CN(C(=O)O)[C@H](C(=O)Nc1ccccc1CC[C@@H]1CNC[C@@H](COc2cccc3ncccc23)O1)C(c1ccccc1)c1ccccc1. The molecular weight excluding hydrogens is 604 g/mol. The van der Waals surface area contributed by atoms with E-state index in [1.54, 1.807) is 6.20 Å². The molecule has 0 radical (unpaired) electrons. The number of carboxylic acid groups (broad SMARTS) is 1. The van der Waals surface area contributed by atoms with E-state index >= 15 is 0 Å². The Morgan fingerprint density at radius 1 is 0.896 bits per heavy atom. The van der Waals surface area contributed by atoms with Gasteiger partial charge in [0.2, 0.25) is 5.91 Å². The minimum absolute atomic E-state index is 0.0447. The van der Waals surface area contributed by atoms with Gasteiger partial charge >= 0.3 is 6.09 Å². The first kappa shape index (κ1) is 32.7. The standard InChI is InChI=1S/C39H40N4O5/c1-43(39(45)46)37(36(28-13-4-2-5-14-28)29-15-6-3-7-16-29)38(44)42-33-18-9-8-12-27(33)21-22-30-24-40-25-31(48-30)26-47-35-20-10-19-34-32(35)17-11-23-41-34/h2-20,23,30-31,36-37,40H,21-22,24-26H2,1H3,(H,42,44)(H,45,46)/t30-,31+,37+/m1/s1. The van der Waals surface area contributed by atoms with Crippen molar-refractivity contribution in [3.63, 3.8) is 0 Å². The summed E-state index contributed by atoms with van der Waals surface area (Å²) in [4.78, 5) is 32.0. The third kappa shape index (κ3) is 7.82. The fourth-order valence-corrected chi connectivity index (χ4v) is 6.36. The van der Waals surface area contributed by atoms with Crippen LogP contribution in [0.1, 0.15) is 29.0 Å². The first-order valence-corrected chi connectivity index (χ1v) is 16.2. The van der Waals surface area contributed by atoms with E-state index in [0.29, 0.717) is 31.8 Å². The van der Waals surface area contributed by atoms with Crippen molar-refractivity contribution in [3.8, 4) is 5.75 Å². The van der Waals surface area contributed by atoms with Gasteiger partial charge in [0.05, 0.1) is 11.6 Å². The minimum atomic E-state index is -1.18. The van der Waals surface area contributed by atoms with E-state index in [1.165, 1.54) is 7.05 Å². The average Bonchev–Trinajstić information content (AvgIpc) is 3.13. The second-order valence-corrected chi connectivity index (χ2v) is 12.0. The largest absolute Gasteiger partial charge is 0.490 e. The molecule has 0 aliphatic carbocycles. The Morgan fingerprint density at radius 2 is 1.58 bits per heavy atom. The minimum Gasteiger partial charge on any atom is -0.490 e. The topological polar surface area (TPSA) is 113 Å². The number of fused-ring (bicyclic) bond motifs is 1. The van der Waals surface area contributed by atoms with Gasteiger partial charge in [-0.3, -0.25) is 14.7 Å². The molecule has 246 valence electrons. The van der Waals surface area contributed by atoms with Gasteiger partial charge in [0.15, 0.2) is 0 Å². The summed E-state index contributed by atoms with van der Waals surface area (Å²) in [5.41, 5.74) is 4.19. The maximum absolute atomic E-state index is 14.1. The smallest absolute Gasteiger partial charge is 0.407 e. The van der Waals surface area contributed by atoms with Crippen molar-refractivity contribution >= 4 is 28.6 Å². The number of anilines is 1. The van der Waals surface area contributed by atoms with Crippen LogP contribution in [0.4, 0.5) is 10.5 Å². The molecule has 2 amide bonds. The van der Waals surface area contributed by atoms with Gasteiger partial charge in [0, 0.05) is 43.3 Å². The van der Waals surface area contributed by atoms with E-state index in [4.69, 9.17) is 9.47 Å². The van der Waals surface area contributed by atoms with Crippen LogP contribution in [-0.4, -0.2) is 72.0 Å². The average molecular weight is 645 g/mol. The molecule has 1 aliphatic rings. The van der Waals surface area contributed by atoms with Gasteiger partial charge in [0.1, 0.15) is 24.5 Å². The quantitative estimate of drug-likeness (QED) is 0.145. The lowest BCUT2D eigenvalue weighted by atomic mass is 9.84. The maximum atomic E-state index is 14.1. The third-order valence-corrected chi connectivity index (χ3v) is 8.79. The first-order valence-electron chi connectivity index (χ1n) is 16.2. The number of para-hydroxylation sites is 1. The predicted molar refractivity (Wildman–Crippen MR) is 186 cm³/mol. The number of aryl methyl sites for hydroxylation is 1. The van der Waals surface area contributed by atoms with Crippen LogP contribution in [0.2, 0.25) is 0 Å². The Kier molecular flexibility index (Phi) is 10.6. The molecule has 1 aromatic heterocycles. The maximum Gasteiger partial charge on any atom is 0.407 e. The molecule has 2 heterocycles. The van der Waals surface area contributed by atoms with Gasteiger partial charge in [-0.1, -0.05) is 84.9 Å². The molecule has 0 spiro atoms. The monoisotopic (exact) mass is 644 g/mol. The molecule has 0 saturated carbocycles. The van der Waals surface area contributed by atoms with Crippen LogP contribution < -0.4 is 15.4 Å². The van der Waals surface area contributed by atoms with Crippen LogP contribution in [0.5, 0.6) is 5.75 Å². The van der Waals surface area contributed by atoms with Gasteiger partial charge < -0.3 is 25.2 Å². The van der Waals surface area contributed by atoms with Gasteiger partial charge in [-0.05, 0) is 59.9 Å². The number of ether oxygens (including phenoxy) is 2. The van der Waals surface area contributed by atoms with Gasteiger partial charge in [-0.15, -0.1) is 0 Å². The Hall–Kier alpha value is -5.25. The molecule has 5 aromatic rings. The van der Waals surface area contributed by atoms with E-state index < -0.39 is 24.0 Å². The highest BCUT2D eigenvalue weighted by Crippen LogP contribution is 2.32. The molecular formula is C39H40N4O5. The normalized spacial score (nSPS) is 16.7. The van der Waals surface area contributed by atoms with Crippen LogP contribution in [0.25, 0.3) is 10.9 Å². The fraction of sp³-hybridized carbons (Fsp3) is 0.256. The number of carbonyl (C=O) groups is 2. The molecule has 0 bridgehead atoms. The molecule has 3 N–H and O–H groups in total. The molecule has 1 fully saturated rings. The number of benzene rings is 4. The number of likely N-dealkylation sites (N-methyl/N-ethyl adjacent to an activating group) is 1. The van der Waals surface area contributed by atoms with Gasteiger partial charge in [-0.2, -0.15) is 0 Å². The van der Waals surface area contributed by atoms with Gasteiger partial charge in [0.25, 0.3) is 0 Å². The Bertz CT molecular complexity index is 1780. The highest BCUT2D eigenvalue weighted by Gasteiger charge is 2.37. The fourth-order valence-electron chi connectivity index (χ4n) is 6.36. The molecule has 0 unspecified atom stereocenters. The van der Waals surface area contributed by atoms with Crippen LogP contribution in [0, 0.1) is 0 Å². The summed E-state index contributed by atoms with van der Waals surface area (Å²) in [7, 11) is 1.45. The number of nitrogens with zero attached hydrogens (tertiary/aromatic N) is 2. The van der Waals surface area contributed by atoms with Crippen LogP contribution in [0.3, 0.4) is 0 Å². The lowest BCUT2D eigenvalue weighted by Gasteiger charge is -2.33. The number of rotatable bonds is 12. The number of hydrogen-bond acceptors (Lipinski definition) is 6. The van der Waals surface area contributed by atoms with Crippen LogP contribution in [-0.2, 0) is 16.0 Å². The summed E-state index contributed by atoms with van der Waals surface area (Å²) in [6, 6.07) is 35.5. The van der Waals surface area contributed by atoms with Crippen molar-refractivity contribution in [2.45, 2.75) is 37.0 Å². The molecule has 9 heteroatoms. The number of nitrogens with one attached hydrogen (secondary N) is 2. The summed E-state index contributed by atoms with van der Waals surface area (Å²) >= 11 is 0. The number of aromatic nitrogens is 1. The van der Waals surface area contributed by atoms with Crippen molar-refractivity contribution in [3.05, 3.63) is 138 Å². The lowest BCUT2D eigenvalue weighted by Crippen LogP contribution is -2.48. The van der Waals surface area contributed by atoms with Crippen molar-refractivity contribution in [1.82, 2.24) is 15.2 Å². The molecule has 1 aliphatic heterocycles. The van der Waals surface area contributed by atoms with Gasteiger partial charge in [-0.25, -0.2) is 4.79 Å². The summed E-state index contributed by atoms with van der Waals surface area (Å²) in [5.74, 6) is -0.141. The summed E-state index contributed by atoms with van der Waals surface area (Å²) in [6.07, 6.45) is 1.81. The zero-order valence-electron chi connectivity index (χ0n) is 26.9. The number of carbonyl (C=O) groups excluding carboxylic acids is 1. The van der Waals surface area contributed by atoms with E-state index in [2.05, 4.69) is 15.6 Å². The van der Waals surface area contributed by atoms with Crippen molar-refractivity contribution in [1.29, 1.82) is 0 Å². The highest BCUT2D eigenvalue weighted by atomic mass is 16.5. The third-order valence-electron chi connectivity index (χ3n) is 8.79. The molecule has 3 atom stereocenters. The van der Waals surface area contributed by atoms with Crippen molar-refractivity contribution in [2.75, 3.05) is 32.1 Å². The Balaban J connectivity index is 1.14. The molecule has 6 rings (SSSR count). The number of pyridine rings is 1. The van der Waals surface area contributed by atoms with E-state index in [-0.39, 0.29) is 12.2 Å². The van der Waals surface area contributed by atoms with Crippen LogP contribution >= 0.6 is 0 Å². The molecule has 1 saturated heterocycles. The Morgan fingerprint density at radius 3 is 2.31 bits per heavy atom. The van der Waals surface area contributed by atoms with E-state index in [1.807, 2.05) is 115 Å². The second kappa shape index (κ2) is 15.6. The van der Waals surface area contributed by atoms with E-state index in [9.17, 15) is 14.7 Å². The van der Waals surface area contributed by atoms with E-state index in [0.717, 1.165) is 44.7 Å². The zero-order chi connectivity index (χ0) is 33.3. The second-order valence-electron chi connectivity index (χ2n) is 12.0. The number of amides is 2. The first-order chi connectivity index (χ1) is 23.5. The molecule has 48 heavy (non-hydrogen) atoms. The highest BCUT2D eigenvalue weighted by molar-refractivity contribution is 5.98. The molecule has 9 nitrogen and oxygen atoms in total. The summed E-state index contributed by atoms with van der Waals surface area (Å²) in [6.45, 7) is 1.81. The van der Waals surface area contributed by atoms with Crippen LogP contribution in [0.15, 0.2) is 121 Å². The Labute approximate surface area is 280 Å². The summed E-state index contributed by atoms with van der Waals surface area (Å²) < 4.78 is 12.6. The van der Waals surface area contributed by atoms with Crippen molar-refractivity contribution < 1.29 is 24.2 Å². The molecule has 4 aromatic carbocycles. The predicted octanol–water partition coefficient (Wildman–Crippen LogP) is 6.35. The van der Waals surface area contributed by atoms with Crippen molar-refractivity contribution in [2.24, 2.45) is 0 Å². The lowest BCUT2D eigenvalue weighted by molar-refractivity contribution is -0.120. The number of hydrogen-bond donors (Lipinski definition) is 3. The zero-order valence-corrected chi connectivity index (χ0v) is 26.9.